The molecule has 1 unspecified atom stereocenters. The van der Waals surface area contributed by atoms with Crippen LogP contribution in [0.15, 0.2) is 18.2 Å². The van der Waals surface area contributed by atoms with Crippen LogP contribution in [0.1, 0.15) is 20.8 Å². The van der Waals surface area contributed by atoms with E-state index in [0.29, 0.717) is 33.3 Å². The summed E-state index contributed by atoms with van der Waals surface area (Å²) in [5.41, 5.74) is 6.80. The van der Waals surface area contributed by atoms with Gasteiger partial charge in [0.1, 0.15) is 0 Å². The Balaban J connectivity index is 2.52. The van der Waals surface area contributed by atoms with Crippen molar-refractivity contribution in [1.29, 1.82) is 0 Å². The Morgan fingerprint density at radius 1 is 1.44 bits per heavy atom. The molecule has 0 saturated heterocycles. The molecule has 1 aromatic rings. The standard InChI is InChI=1S/C13H19ClN2OS/c1-8(2)9(3)18-7-13(17)16-12-6-10(15)4-5-11(12)14/h4-6,8-9H,7,15H2,1-3H3,(H,16,17). The molecule has 0 radical (unpaired) electrons. The van der Waals surface area contributed by atoms with Crippen molar-refractivity contribution >= 4 is 40.6 Å². The van der Waals surface area contributed by atoms with Crippen LogP contribution in [-0.2, 0) is 4.79 Å². The zero-order valence-corrected chi connectivity index (χ0v) is 12.4. The van der Waals surface area contributed by atoms with Crippen molar-refractivity contribution in [2.75, 3.05) is 16.8 Å². The average molecular weight is 287 g/mol. The average Bonchev–Trinajstić information content (AvgIpc) is 2.30. The number of rotatable bonds is 5. The van der Waals surface area contributed by atoms with Gasteiger partial charge in [-0.15, -0.1) is 11.8 Å². The Hall–Kier alpha value is -0.870. The molecular weight excluding hydrogens is 268 g/mol. The highest BCUT2D eigenvalue weighted by molar-refractivity contribution is 8.00. The summed E-state index contributed by atoms with van der Waals surface area (Å²) in [5, 5.41) is 3.72. The smallest absolute Gasteiger partial charge is 0.234 e. The van der Waals surface area contributed by atoms with Gasteiger partial charge in [0.15, 0.2) is 0 Å². The van der Waals surface area contributed by atoms with E-state index in [1.165, 1.54) is 0 Å². The summed E-state index contributed by atoms with van der Waals surface area (Å²) in [5.74, 6) is 0.920. The van der Waals surface area contributed by atoms with E-state index in [1.807, 2.05) is 0 Å². The Kier molecular flexibility index (Phi) is 5.82. The van der Waals surface area contributed by atoms with Crippen molar-refractivity contribution < 1.29 is 4.79 Å². The number of hydrogen-bond acceptors (Lipinski definition) is 3. The van der Waals surface area contributed by atoms with Crippen LogP contribution >= 0.6 is 23.4 Å². The SMILES string of the molecule is CC(C)C(C)SCC(=O)Nc1cc(N)ccc1Cl. The molecule has 1 rings (SSSR count). The van der Waals surface area contributed by atoms with Crippen molar-refractivity contribution in [3.8, 4) is 0 Å². The van der Waals surface area contributed by atoms with Crippen LogP contribution in [0.3, 0.4) is 0 Å². The van der Waals surface area contributed by atoms with Gasteiger partial charge in [0.05, 0.1) is 16.5 Å². The number of hydrogen-bond donors (Lipinski definition) is 2. The fourth-order valence-corrected chi connectivity index (χ4v) is 2.26. The lowest BCUT2D eigenvalue weighted by molar-refractivity contribution is -0.113. The molecule has 0 fully saturated rings. The molecule has 1 aromatic carbocycles. The van der Waals surface area contributed by atoms with E-state index in [0.717, 1.165) is 0 Å². The fraction of sp³-hybridized carbons (Fsp3) is 0.462. The highest BCUT2D eigenvalue weighted by Crippen LogP contribution is 2.25. The molecule has 0 spiro atoms. The van der Waals surface area contributed by atoms with Crippen molar-refractivity contribution in [2.24, 2.45) is 5.92 Å². The highest BCUT2D eigenvalue weighted by atomic mass is 35.5. The second kappa shape index (κ2) is 6.90. The molecule has 0 bridgehead atoms. The van der Waals surface area contributed by atoms with Crippen LogP contribution in [0.5, 0.6) is 0 Å². The van der Waals surface area contributed by atoms with Gasteiger partial charge >= 0.3 is 0 Å². The normalized spacial score (nSPS) is 12.5. The Bertz CT molecular complexity index is 423. The molecule has 0 saturated carbocycles. The monoisotopic (exact) mass is 286 g/mol. The highest BCUT2D eigenvalue weighted by Gasteiger charge is 2.11. The van der Waals surface area contributed by atoms with Crippen LogP contribution in [0.25, 0.3) is 0 Å². The minimum Gasteiger partial charge on any atom is -0.399 e. The van der Waals surface area contributed by atoms with E-state index in [4.69, 9.17) is 17.3 Å². The van der Waals surface area contributed by atoms with Gasteiger partial charge < -0.3 is 11.1 Å². The Labute approximate surface area is 117 Å². The van der Waals surface area contributed by atoms with Gasteiger partial charge in [-0.25, -0.2) is 0 Å². The van der Waals surface area contributed by atoms with Crippen molar-refractivity contribution in [1.82, 2.24) is 0 Å². The minimum absolute atomic E-state index is 0.0556. The number of carbonyl (C=O) groups excluding carboxylic acids is 1. The van der Waals surface area contributed by atoms with Gasteiger partial charge in [-0.2, -0.15) is 0 Å². The van der Waals surface area contributed by atoms with E-state index < -0.39 is 0 Å². The topological polar surface area (TPSA) is 55.1 Å². The largest absolute Gasteiger partial charge is 0.399 e. The van der Waals surface area contributed by atoms with E-state index in [9.17, 15) is 4.79 Å². The van der Waals surface area contributed by atoms with Crippen molar-refractivity contribution in [3.05, 3.63) is 23.2 Å². The lowest BCUT2D eigenvalue weighted by Gasteiger charge is -2.14. The first-order valence-electron chi connectivity index (χ1n) is 5.86. The summed E-state index contributed by atoms with van der Waals surface area (Å²) in [4.78, 5) is 11.8. The molecule has 1 atom stereocenters. The molecule has 3 N–H and O–H groups in total. The molecular formula is C13H19ClN2OS. The van der Waals surface area contributed by atoms with E-state index in [-0.39, 0.29) is 5.91 Å². The van der Waals surface area contributed by atoms with Gasteiger partial charge in [0, 0.05) is 10.9 Å². The predicted molar refractivity (Wildman–Crippen MR) is 81.3 cm³/mol. The number of carbonyl (C=O) groups is 1. The third kappa shape index (κ3) is 4.78. The number of benzene rings is 1. The molecule has 100 valence electrons. The van der Waals surface area contributed by atoms with Crippen LogP contribution in [-0.4, -0.2) is 16.9 Å². The summed E-state index contributed by atoms with van der Waals surface area (Å²) >= 11 is 7.61. The molecule has 1 amide bonds. The van der Waals surface area contributed by atoms with Crippen LogP contribution in [0.4, 0.5) is 11.4 Å². The molecule has 0 aromatic heterocycles. The number of thioether (sulfide) groups is 1. The molecule has 18 heavy (non-hydrogen) atoms. The van der Waals surface area contributed by atoms with Crippen LogP contribution < -0.4 is 11.1 Å². The Morgan fingerprint density at radius 3 is 2.72 bits per heavy atom. The molecule has 0 aliphatic rings. The molecule has 0 aliphatic carbocycles. The predicted octanol–water partition coefficient (Wildman–Crippen LogP) is 3.64. The fourth-order valence-electron chi connectivity index (χ4n) is 1.22. The number of nitrogens with two attached hydrogens (primary N) is 1. The van der Waals surface area contributed by atoms with E-state index in [2.05, 4.69) is 26.1 Å². The minimum atomic E-state index is -0.0556. The second-order valence-electron chi connectivity index (χ2n) is 4.55. The molecule has 3 nitrogen and oxygen atoms in total. The zero-order valence-electron chi connectivity index (χ0n) is 10.9. The first-order valence-corrected chi connectivity index (χ1v) is 7.29. The van der Waals surface area contributed by atoms with Crippen LogP contribution in [0, 0.1) is 5.92 Å². The van der Waals surface area contributed by atoms with Gasteiger partial charge in [-0.3, -0.25) is 4.79 Å². The second-order valence-corrected chi connectivity index (χ2v) is 6.32. The number of halogens is 1. The van der Waals surface area contributed by atoms with Gasteiger partial charge in [-0.05, 0) is 24.1 Å². The van der Waals surface area contributed by atoms with Crippen LogP contribution in [0.2, 0.25) is 5.02 Å². The summed E-state index contributed by atoms with van der Waals surface area (Å²) in [6, 6.07) is 5.04. The Morgan fingerprint density at radius 2 is 2.11 bits per heavy atom. The number of nitrogens with one attached hydrogen (secondary N) is 1. The number of anilines is 2. The van der Waals surface area contributed by atoms with Gasteiger partial charge in [-0.1, -0.05) is 32.4 Å². The van der Waals surface area contributed by atoms with E-state index >= 15 is 0 Å². The molecule has 5 heteroatoms. The number of nitrogen functional groups attached to an aromatic ring is 1. The summed E-state index contributed by atoms with van der Waals surface area (Å²) in [6.45, 7) is 6.41. The lowest BCUT2D eigenvalue weighted by atomic mass is 10.2. The summed E-state index contributed by atoms with van der Waals surface area (Å²) in [7, 11) is 0. The van der Waals surface area contributed by atoms with Gasteiger partial charge in [0.25, 0.3) is 0 Å². The lowest BCUT2D eigenvalue weighted by Crippen LogP contribution is -2.17. The number of amides is 1. The molecule has 0 aliphatic heterocycles. The first-order chi connectivity index (χ1) is 8.40. The first kappa shape index (κ1) is 15.2. The summed E-state index contributed by atoms with van der Waals surface area (Å²) < 4.78 is 0. The van der Waals surface area contributed by atoms with Crippen molar-refractivity contribution in [3.63, 3.8) is 0 Å². The van der Waals surface area contributed by atoms with E-state index in [1.54, 1.807) is 30.0 Å². The van der Waals surface area contributed by atoms with Gasteiger partial charge in [0.2, 0.25) is 5.91 Å². The third-order valence-electron chi connectivity index (χ3n) is 2.68. The maximum absolute atomic E-state index is 11.8. The quantitative estimate of drug-likeness (QED) is 0.813. The maximum atomic E-state index is 11.8. The van der Waals surface area contributed by atoms with Crippen molar-refractivity contribution in [2.45, 2.75) is 26.0 Å². The molecule has 0 heterocycles. The zero-order chi connectivity index (χ0) is 13.7. The summed E-state index contributed by atoms with van der Waals surface area (Å²) in [6.07, 6.45) is 0. The maximum Gasteiger partial charge on any atom is 0.234 e. The third-order valence-corrected chi connectivity index (χ3v) is 4.51.